The number of hydrogen-bond acceptors (Lipinski definition) is 2. The molecule has 2 heteroatoms. The zero-order chi connectivity index (χ0) is 14.7. The van der Waals surface area contributed by atoms with Crippen LogP contribution in [0.15, 0.2) is 70.6 Å². The molecule has 0 aromatic heterocycles. The lowest BCUT2D eigenvalue weighted by molar-refractivity contribution is 0.912. The Morgan fingerprint density at radius 3 is 2.57 bits per heavy atom. The first kappa shape index (κ1) is 14.2. The molecule has 0 saturated heterocycles. The molecule has 0 radical (unpaired) electrons. The molecule has 0 saturated carbocycles. The van der Waals surface area contributed by atoms with Crippen LogP contribution in [-0.4, -0.2) is 5.04 Å². The molecule has 0 aliphatic heterocycles. The van der Waals surface area contributed by atoms with E-state index >= 15 is 0 Å². The van der Waals surface area contributed by atoms with E-state index in [-0.39, 0.29) is 0 Å². The first-order valence-electron chi connectivity index (χ1n) is 7.31. The van der Waals surface area contributed by atoms with Gasteiger partial charge in [0, 0.05) is 4.90 Å². The quantitative estimate of drug-likeness (QED) is 0.409. The van der Waals surface area contributed by atoms with Crippen LogP contribution in [-0.2, 0) is 12.8 Å². The Labute approximate surface area is 130 Å². The van der Waals surface area contributed by atoms with Gasteiger partial charge in [-0.25, -0.2) is 4.99 Å². The van der Waals surface area contributed by atoms with Crippen LogP contribution in [0.2, 0.25) is 0 Å². The average molecular weight is 293 g/mol. The first-order chi connectivity index (χ1) is 10.2. The average Bonchev–Trinajstić information content (AvgIpc) is 2.95. The zero-order valence-corrected chi connectivity index (χ0v) is 13.1. The molecule has 1 nitrogen and oxygen atoms in total. The molecular weight excluding hydrogens is 274 g/mol. The van der Waals surface area contributed by atoms with Crippen molar-refractivity contribution in [1.82, 2.24) is 0 Å². The Hall–Kier alpha value is -1.80. The molecular formula is C19H19NS. The minimum Gasteiger partial charge on any atom is -0.241 e. The van der Waals surface area contributed by atoms with Gasteiger partial charge in [0.15, 0.2) is 0 Å². The van der Waals surface area contributed by atoms with Gasteiger partial charge in [-0.05, 0) is 67.2 Å². The lowest BCUT2D eigenvalue weighted by Gasteiger charge is -2.07. The van der Waals surface area contributed by atoms with Crippen molar-refractivity contribution in [2.75, 3.05) is 0 Å². The molecule has 0 spiro atoms. The van der Waals surface area contributed by atoms with Gasteiger partial charge < -0.3 is 0 Å². The number of rotatable bonds is 3. The van der Waals surface area contributed by atoms with Crippen LogP contribution in [0.5, 0.6) is 0 Å². The summed E-state index contributed by atoms with van der Waals surface area (Å²) in [7, 11) is 0. The van der Waals surface area contributed by atoms with Crippen LogP contribution in [0.1, 0.15) is 24.5 Å². The van der Waals surface area contributed by atoms with Gasteiger partial charge in [0.2, 0.25) is 0 Å². The van der Waals surface area contributed by atoms with Crippen molar-refractivity contribution in [2.24, 2.45) is 4.99 Å². The molecule has 1 aliphatic carbocycles. The number of fused-ring (bicyclic) bond motifs is 1. The van der Waals surface area contributed by atoms with E-state index in [1.54, 1.807) is 11.8 Å². The first-order valence-corrected chi connectivity index (χ1v) is 8.13. The number of thioether (sulfide) groups is 1. The molecule has 0 unspecified atom stereocenters. The Kier molecular flexibility index (Phi) is 4.26. The number of hydrogen-bond donors (Lipinski definition) is 0. The molecule has 2 aromatic rings. The summed E-state index contributed by atoms with van der Waals surface area (Å²) in [6, 6.07) is 16.9. The molecule has 0 bridgehead atoms. The Bertz CT molecular complexity index is 686. The van der Waals surface area contributed by atoms with Crippen molar-refractivity contribution in [3.8, 4) is 0 Å². The lowest BCUT2D eigenvalue weighted by Crippen LogP contribution is -1.93. The number of nitrogens with zero attached hydrogens (tertiary/aromatic N) is 1. The van der Waals surface area contributed by atoms with Crippen LogP contribution < -0.4 is 0 Å². The molecule has 0 heterocycles. The van der Waals surface area contributed by atoms with E-state index in [2.05, 4.69) is 36.9 Å². The molecule has 106 valence electrons. The Morgan fingerprint density at radius 2 is 1.81 bits per heavy atom. The Morgan fingerprint density at radius 1 is 1.05 bits per heavy atom. The number of benzene rings is 2. The fourth-order valence-electron chi connectivity index (χ4n) is 2.55. The third-order valence-corrected chi connectivity index (χ3v) is 4.78. The summed E-state index contributed by atoms with van der Waals surface area (Å²) in [4.78, 5) is 6.01. The van der Waals surface area contributed by atoms with Gasteiger partial charge in [-0.15, -0.1) is 0 Å². The summed E-state index contributed by atoms with van der Waals surface area (Å²) in [6.45, 7) is 6.08. The van der Waals surface area contributed by atoms with Gasteiger partial charge in [0.1, 0.15) is 5.04 Å². The third kappa shape index (κ3) is 3.45. The normalized spacial score (nSPS) is 14.0. The highest BCUT2D eigenvalue weighted by molar-refractivity contribution is 8.14. The largest absolute Gasteiger partial charge is 0.241 e. The minimum absolute atomic E-state index is 0.985. The predicted octanol–water partition coefficient (Wildman–Crippen LogP) is 5.57. The lowest BCUT2D eigenvalue weighted by atomic mass is 10.1. The topological polar surface area (TPSA) is 12.4 Å². The van der Waals surface area contributed by atoms with Gasteiger partial charge in [-0.1, -0.05) is 42.6 Å². The second-order valence-corrected chi connectivity index (χ2v) is 6.48. The van der Waals surface area contributed by atoms with Gasteiger partial charge >= 0.3 is 0 Å². The van der Waals surface area contributed by atoms with E-state index in [1.165, 1.54) is 35.3 Å². The van der Waals surface area contributed by atoms with E-state index in [1.807, 2.05) is 25.1 Å². The van der Waals surface area contributed by atoms with Crippen LogP contribution in [0, 0.1) is 0 Å². The highest BCUT2D eigenvalue weighted by atomic mass is 32.2. The summed E-state index contributed by atoms with van der Waals surface area (Å²) in [5.74, 6) is 0. The van der Waals surface area contributed by atoms with Crippen LogP contribution >= 0.6 is 11.8 Å². The van der Waals surface area contributed by atoms with Crippen molar-refractivity contribution in [3.63, 3.8) is 0 Å². The summed E-state index contributed by atoms with van der Waals surface area (Å²) >= 11 is 1.68. The highest BCUT2D eigenvalue weighted by Crippen LogP contribution is 2.29. The van der Waals surface area contributed by atoms with Crippen LogP contribution in [0.4, 0.5) is 5.69 Å². The monoisotopic (exact) mass is 293 g/mol. The van der Waals surface area contributed by atoms with Crippen molar-refractivity contribution in [2.45, 2.75) is 31.1 Å². The predicted molar refractivity (Wildman–Crippen MR) is 92.7 cm³/mol. The molecule has 0 N–H and O–H groups in total. The van der Waals surface area contributed by atoms with Gasteiger partial charge in [-0.3, -0.25) is 0 Å². The van der Waals surface area contributed by atoms with Crippen LogP contribution in [0.25, 0.3) is 0 Å². The standard InChI is InChI=1S/C19H19NS/c1-14(2)19(21-18-9-4-3-5-10-18)20-17-12-11-15-7-6-8-16(15)13-17/h3-5,9-13H,1,6-8H2,2H3. The second kappa shape index (κ2) is 6.31. The van der Waals surface area contributed by atoms with E-state index in [4.69, 9.17) is 4.99 Å². The molecule has 1 aliphatic rings. The summed E-state index contributed by atoms with van der Waals surface area (Å²) < 4.78 is 0. The van der Waals surface area contributed by atoms with E-state index < -0.39 is 0 Å². The maximum atomic E-state index is 4.81. The maximum absolute atomic E-state index is 4.81. The highest BCUT2D eigenvalue weighted by Gasteiger charge is 2.11. The maximum Gasteiger partial charge on any atom is 0.104 e. The minimum atomic E-state index is 0.985. The zero-order valence-electron chi connectivity index (χ0n) is 12.3. The second-order valence-electron chi connectivity index (χ2n) is 5.42. The summed E-state index contributed by atoms with van der Waals surface area (Å²) in [5, 5.41) is 0.985. The van der Waals surface area contributed by atoms with Gasteiger partial charge in [0.05, 0.1) is 5.69 Å². The molecule has 21 heavy (non-hydrogen) atoms. The Balaban J connectivity index is 1.88. The molecule has 0 fully saturated rings. The van der Waals surface area contributed by atoms with Crippen LogP contribution in [0.3, 0.4) is 0 Å². The summed E-state index contributed by atoms with van der Waals surface area (Å²) in [6.07, 6.45) is 3.67. The van der Waals surface area contributed by atoms with Crippen molar-refractivity contribution in [3.05, 3.63) is 71.8 Å². The molecule has 0 amide bonds. The fraction of sp³-hybridized carbons (Fsp3) is 0.211. The van der Waals surface area contributed by atoms with E-state index in [0.717, 1.165) is 16.3 Å². The van der Waals surface area contributed by atoms with Crippen molar-refractivity contribution in [1.29, 1.82) is 0 Å². The van der Waals surface area contributed by atoms with Crippen molar-refractivity contribution >= 4 is 22.5 Å². The molecule has 0 atom stereocenters. The van der Waals surface area contributed by atoms with Gasteiger partial charge in [-0.2, -0.15) is 0 Å². The molecule has 3 rings (SSSR count). The van der Waals surface area contributed by atoms with Crippen molar-refractivity contribution < 1.29 is 0 Å². The number of aryl methyl sites for hydroxylation is 2. The van der Waals surface area contributed by atoms with E-state index in [0.29, 0.717) is 0 Å². The SMILES string of the molecule is C=C(C)C(=Nc1ccc2c(c1)CCC2)Sc1ccccc1. The smallest absolute Gasteiger partial charge is 0.104 e. The molecule has 2 aromatic carbocycles. The van der Waals surface area contributed by atoms with Gasteiger partial charge in [0.25, 0.3) is 0 Å². The third-order valence-electron chi connectivity index (χ3n) is 3.64. The number of aliphatic imine (C=N–C) groups is 1. The summed E-state index contributed by atoms with van der Waals surface area (Å²) in [5.41, 5.74) is 4.99. The fourth-order valence-corrected chi connectivity index (χ4v) is 3.39. The van der Waals surface area contributed by atoms with E-state index in [9.17, 15) is 0 Å².